The minimum atomic E-state index is -0.653. The van der Waals surface area contributed by atoms with E-state index < -0.39 is 11.8 Å². The molecule has 2 rings (SSSR count). The zero-order valence-corrected chi connectivity index (χ0v) is 13.9. The molecular formula is C19H19NO4. The molecule has 0 radical (unpaired) electrons. The number of Topliss-reactive ketones (excluding diaryl/α,β-unsaturated/α-hetero) is 1. The van der Waals surface area contributed by atoms with Crippen LogP contribution in [0, 0.1) is 6.92 Å². The average molecular weight is 325 g/mol. The highest BCUT2D eigenvalue weighted by Crippen LogP contribution is 2.18. The van der Waals surface area contributed by atoms with Crippen molar-refractivity contribution in [3.8, 4) is 5.75 Å². The lowest BCUT2D eigenvalue weighted by Gasteiger charge is -2.08. The number of pyridine rings is 1. The van der Waals surface area contributed by atoms with Gasteiger partial charge in [-0.05, 0) is 61.4 Å². The van der Waals surface area contributed by atoms with E-state index in [0.29, 0.717) is 16.9 Å². The van der Waals surface area contributed by atoms with E-state index in [2.05, 4.69) is 4.98 Å². The van der Waals surface area contributed by atoms with Crippen LogP contribution in [0.25, 0.3) is 6.08 Å². The van der Waals surface area contributed by atoms with E-state index in [4.69, 9.17) is 9.47 Å². The van der Waals surface area contributed by atoms with E-state index in [1.807, 2.05) is 13.0 Å². The standard InChI is InChI=1S/C19H19NO4/c1-4-24-19(22)17(10-14-9-13(2)11-20-12-14)18(21)15-5-7-16(23-3)8-6-15/h5-12H,4H2,1-3H3. The number of esters is 1. The first-order valence-electron chi connectivity index (χ1n) is 7.54. The van der Waals surface area contributed by atoms with Crippen LogP contribution in [-0.4, -0.2) is 30.5 Å². The second-order valence-corrected chi connectivity index (χ2v) is 5.13. The second kappa shape index (κ2) is 8.06. The molecule has 24 heavy (non-hydrogen) atoms. The van der Waals surface area contributed by atoms with Gasteiger partial charge in [-0.25, -0.2) is 4.79 Å². The third kappa shape index (κ3) is 4.29. The number of aryl methyl sites for hydroxylation is 1. The Balaban J connectivity index is 2.41. The number of carbonyl (C=O) groups is 2. The van der Waals surface area contributed by atoms with E-state index in [1.165, 1.54) is 6.08 Å². The highest BCUT2D eigenvalue weighted by Gasteiger charge is 2.21. The summed E-state index contributed by atoms with van der Waals surface area (Å²) in [5.74, 6) is -0.423. The van der Waals surface area contributed by atoms with Gasteiger partial charge in [0.25, 0.3) is 0 Å². The summed E-state index contributed by atoms with van der Waals surface area (Å²) in [4.78, 5) is 29.0. The van der Waals surface area contributed by atoms with Crippen LogP contribution in [0.4, 0.5) is 0 Å². The van der Waals surface area contributed by atoms with E-state index in [-0.39, 0.29) is 12.2 Å². The monoisotopic (exact) mass is 325 g/mol. The van der Waals surface area contributed by atoms with Crippen LogP contribution in [-0.2, 0) is 9.53 Å². The molecule has 0 amide bonds. The first-order chi connectivity index (χ1) is 11.5. The minimum Gasteiger partial charge on any atom is -0.497 e. The number of aromatic nitrogens is 1. The van der Waals surface area contributed by atoms with Crippen LogP contribution in [0.5, 0.6) is 5.75 Å². The highest BCUT2D eigenvalue weighted by atomic mass is 16.5. The number of ether oxygens (including phenoxy) is 2. The molecule has 0 bridgehead atoms. The van der Waals surface area contributed by atoms with Crippen molar-refractivity contribution in [1.29, 1.82) is 0 Å². The fourth-order valence-corrected chi connectivity index (χ4v) is 2.15. The number of hydrogen-bond acceptors (Lipinski definition) is 5. The first kappa shape index (κ1) is 17.4. The minimum absolute atomic E-state index is 0.0329. The number of carbonyl (C=O) groups excluding carboxylic acids is 2. The molecule has 2 aromatic rings. The zero-order valence-electron chi connectivity index (χ0n) is 13.9. The Morgan fingerprint density at radius 3 is 2.46 bits per heavy atom. The van der Waals surface area contributed by atoms with E-state index >= 15 is 0 Å². The highest BCUT2D eigenvalue weighted by molar-refractivity contribution is 6.26. The van der Waals surface area contributed by atoms with E-state index in [0.717, 1.165) is 5.56 Å². The summed E-state index contributed by atoms with van der Waals surface area (Å²) in [6.07, 6.45) is 4.80. The lowest BCUT2D eigenvalue weighted by atomic mass is 10.0. The molecule has 1 aromatic heterocycles. The number of ketones is 1. The molecule has 0 fully saturated rings. The molecule has 0 saturated heterocycles. The normalized spacial score (nSPS) is 11.0. The quantitative estimate of drug-likeness (QED) is 0.268. The van der Waals surface area contributed by atoms with Crippen LogP contribution < -0.4 is 4.74 Å². The van der Waals surface area contributed by atoms with Gasteiger partial charge in [-0.2, -0.15) is 0 Å². The van der Waals surface area contributed by atoms with Crippen LogP contribution in [0.3, 0.4) is 0 Å². The van der Waals surface area contributed by atoms with Gasteiger partial charge in [0.15, 0.2) is 5.78 Å². The first-order valence-corrected chi connectivity index (χ1v) is 7.54. The predicted molar refractivity (Wildman–Crippen MR) is 90.9 cm³/mol. The molecule has 1 aromatic carbocycles. The average Bonchev–Trinajstić information content (AvgIpc) is 2.59. The molecule has 0 aliphatic heterocycles. The number of methoxy groups -OCH3 is 1. The number of nitrogens with zero attached hydrogens (tertiary/aromatic N) is 1. The number of benzene rings is 1. The van der Waals surface area contributed by atoms with Gasteiger partial charge < -0.3 is 9.47 Å². The molecule has 1 heterocycles. The van der Waals surface area contributed by atoms with Crippen molar-refractivity contribution < 1.29 is 19.1 Å². The van der Waals surface area contributed by atoms with Crippen molar-refractivity contribution in [3.05, 3.63) is 65.0 Å². The van der Waals surface area contributed by atoms with Crippen LogP contribution in [0.15, 0.2) is 48.3 Å². The molecule has 5 heteroatoms. The van der Waals surface area contributed by atoms with Gasteiger partial charge in [-0.15, -0.1) is 0 Å². The Kier molecular flexibility index (Phi) is 5.84. The topological polar surface area (TPSA) is 65.5 Å². The summed E-state index contributed by atoms with van der Waals surface area (Å²) >= 11 is 0. The molecule has 0 aliphatic carbocycles. The maximum atomic E-state index is 12.7. The Bertz CT molecular complexity index is 763. The fourth-order valence-electron chi connectivity index (χ4n) is 2.15. The lowest BCUT2D eigenvalue weighted by Crippen LogP contribution is -2.16. The van der Waals surface area contributed by atoms with Crippen molar-refractivity contribution in [2.24, 2.45) is 0 Å². The lowest BCUT2D eigenvalue weighted by molar-refractivity contribution is -0.137. The van der Waals surface area contributed by atoms with Crippen molar-refractivity contribution in [3.63, 3.8) is 0 Å². The van der Waals surface area contributed by atoms with Gasteiger partial charge in [0, 0.05) is 18.0 Å². The summed E-state index contributed by atoms with van der Waals surface area (Å²) in [6, 6.07) is 8.41. The van der Waals surface area contributed by atoms with E-state index in [1.54, 1.807) is 50.7 Å². The zero-order chi connectivity index (χ0) is 17.5. The smallest absolute Gasteiger partial charge is 0.342 e. The summed E-state index contributed by atoms with van der Waals surface area (Å²) in [6.45, 7) is 3.78. The number of hydrogen-bond donors (Lipinski definition) is 0. The van der Waals surface area contributed by atoms with Crippen LogP contribution in [0.1, 0.15) is 28.4 Å². The van der Waals surface area contributed by atoms with Crippen molar-refractivity contribution in [2.75, 3.05) is 13.7 Å². The van der Waals surface area contributed by atoms with E-state index in [9.17, 15) is 9.59 Å². The van der Waals surface area contributed by atoms with Crippen LogP contribution in [0.2, 0.25) is 0 Å². The van der Waals surface area contributed by atoms with Gasteiger partial charge in [0.1, 0.15) is 11.3 Å². The summed E-state index contributed by atoms with van der Waals surface area (Å²) < 4.78 is 10.1. The molecule has 0 atom stereocenters. The molecule has 0 unspecified atom stereocenters. The van der Waals surface area contributed by atoms with Crippen molar-refractivity contribution in [1.82, 2.24) is 4.98 Å². The van der Waals surface area contributed by atoms with Crippen molar-refractivity contribution >= 4 is 17.8 Å². The van der Waals surface area contributed by atoms with Gasteiger partial charge in [-0.3, -0.25) is 9.78 Å². The number of rotatable bonds is 6. The molecule has 0 aliphatic rings. The largest absolute Gasteiger partial charge is 0.497 e. The Hall–Kier alpha value is -2.95. The molecular weight excluding hydrogens is 306 g/mol. The summed E-state index contributed by atoms with van der Waals surface area (Å²) in [7, 11) is 1.55. The van der Waals surface area contributed by atoms with Gasteiger partial charge in [0.05, 0.1) is 13.7 Å². The van der Waals surface area contributed by atoms with Crippen molar-refractivity contribution in [2.45, 2.75) is 13.8 Å². The summed E-state index contributed by atoms with van der Waals surface area (Å²) in [5, 5.41) is 0. The SMILES string of the molecule is CCOC(=O)C(=Cc1cncc(C)c1)C(=O)c1ccc(OC)cc1. The maximum absolute atomic E-state index is 12.7. The Morgan fingerprint density at radius 2 is 1.88 bits per heavy atom. The molecule has 0 N–H and O–H groups in total. The van der Waals surface area contributed by atoms with Gasteiger partial charge in [0.2, 0.25) is 0 Å². The molecule has 5 nitrogen and oxygen atoms in total. The van der Waals surface area contributed by atoms with Crippen LogP contribution >= 0.6 is 0 Å². The second-order valence-electron chi connectivity index (χ2n) is 5.13. The Labute approximate surface area is 140 Å². The van der Waals surface area contributed by atoms with Gasteiger partial charge >= 0.3 is 5.97 Å². The third-order valence-electron chi connectivity index (χ3n) is 3.30. The maximum Gasteiger partial charge on any atom is 0.342 e. The predicted octanol–water partition coefficient (Wildman–Crippen LogP) is 3.23. The van der Waals surface area contributed by atoms with Gasteiger partial charge in [-0.1, -0.05) is 0 Å². The molecule has 0 spiro atoms. The molecule has 124 valence electrons. The molecule has 0 saturated carbocycles. The fraction of sp³-hybridized carbons (Fsp3) is 0.211. The summed E-state index contributed by atoms with van der Waals surface area (Å²) in [5.41, 5.74) is 1.95. The third-order valence-corrected chi connectivity index (χ3v) is 3.30. The Morgan fingerprint density at radius 1 is 1.17 bits per heavy atom.